The zero-order chi connectivity index (χ0) is 40.5. The molecule has 11 aromatic rings. The van der Waals surface area contributed by atoms with Gasteiger partial charge in [-0.1, -0.05) is 200 Å². The van der Waals surface area contributed by atoms with Gasteiger partial charge in [0.1, 0.15) is 11.2 Å². The summed E-state index contributed by atoms with van der Waals surface area (Å²) in [5, 5.41) is 1.98. The van der Waals surface area contributed by atoms with Crippen molar-refractivity contribution < 1.29 is 4.42 Å². The highest BCUT2D eigenvalue weighted by atomic mass is 16.3. The molecule has 0 N–H and O–H groups in total. The summed E-state index contributed by atoms with van der Waals surface area (Å²) in [6.45, 7) is 0. The fourth-order valence-corrected chi connectivity index (χ4v) is 8.28. The highest BCUT2D eigenvalue weighted by molar-refractivity contribution is 6.12. The second-order valence-electron chi connectivity index (χ2n) is 15.2. The predicted molar refractivity (Wildman–Crippen MR) is 251 cm³/mol. The summed E-state index contributed by atoms with van der Waals surface area (Å²) in [7, 11) is 0. The molecule has 0 atom stereocenters. The molecule has 286 valence electrons. The fourth-order valence-electron chi connectivity index (χ4n) is 8.28. The SMILES string of the molecule is c1ccc(-c2ccc(-c3nc(-c4ccccc4)nc(-c4cccc5oc6ccc(-c7ccc(-c8ccc(-c9ccccc9)c(-c9ccccc9)c8)cc7)cc6c45)n3)cc2)cc1. The van der Waals surface area contributed by atoms with E-state index < -0.39 is 0 Å². The average molecular weight is 780 g/mol. The molecule has 0 bridgehead atoms. The molecule has 4 nitrogen and oxygen atoms in total. The molecule has 61 heavy (non-hydrogen) atoms. The Hall–Kier alpha value is -8.21. The molecule has 0 amide bonds. The van der Waals surface area contributed by atoms with E-state index in [-0.39, 0.29) is 0 Å². The van der Waals surface area contributed by atoms with Crippen molar-refractivity contribution >= 4 is 21.9 Å². The Morgan fingerprint density at radius 1 is 0.246 bits per heavy atom. The Labute approximate surface area is 354 Å². The first-order chi connectivity index (χ1) is 30.2. The Morgan fingerprint density at radius 3 is 1.28 bits per heavy atom. The van der Waals surface area contributed by atoms with E-state index in [1.165, 1.54) is 27.8 Å². The summed E-state index contributed by atoms with van der Waals surface area (Å²) in [5.74, 6) is 1.82. The van der Waals surface area contributed by atoms with Crippen LogP contribution in [0.5, 0.6) is 0 Å². The molecule has 9 aromatic carbocycles. The summed E-state index contributed by atoms with van der Waals surface area (Å²) in [6, 6.07) is 78.3. The van der Waals surface area contributed by atoms with Crippen molar-refractivity contribution in [1.29, 1.82) is 0 Å². The van der Waals surface area contributed by atoms with Gasteiger partial charge in [-0.2, -0.15) is 0 Å². The summed E-state index contributed by atoms with van der Waals surface area (Å²) in [6.07, 6.45) is 0. The van der Waals surface area contributed by atoms with Crippen LogP contribution in [0.3, 0.4) is 0 Å². The Kier molecular flexibility index (Phi) is 9.14. The normalized spacial score (nSPS) is 11.3. The van der Waals surface area contributed by atoms with Gasteiger partial charge in [0, 0.05) is 27.5 Å². The molecule has 0 aliphatic carbocycles. The first-order valence-electron chi connectivity index (χ1n) is 20.5. The molecule has 0 aliphatic rings. The van der Waals surface area contributed by atoms with Crippen molar-refractivity contribution in [2.24, 2.45) is 0 Å². The van der Waals surface area contributed by atoms with E-state index in [1.807, 2.05) is 48.5 Å². The quantitative estimate of drug-likeness (QED) is 0.154. The van der Waals surface area contributed by atoms with E-state index >= 15 is 0 Å². The van der Waals surface area contributed by atoms with E-state index in [1.54, 1.807) is 0 Å². The van der Waals surface area contributed by atoms with Crippen LogP contribution in [0.15, 0.2) is 229 Å². The number of benzene rings is 9. The number of nitrogens with zero attached hydrogens (tertiary/aromatic N) is 3. The third-order valence-electron chi connectivity index (χ3n) is 11.4. The van der Waals surface area contributed by atoms with E-state index in [4.69, 9.17) is 19.4 Å². The topological polar surface area (TPSA) is 51.8 Å². The molecule has 0 fully saturated rings. The molecule has 0 aliphatic heterocycles. The lowest BCUT2D eigenvalue weighted by Gasteiger charge is -2.13. The van der Waals surface area contributed by atoms with Crippen molar-refractivity contribution in [3.8, 4) is 89.8 Å². The van der Waals surface area contributed by atoms with Crippen LogP contribution in [0.1, 0.15) is 0 Å². The summed E-state index contributed by atoms with van der Waals surface area (Å²) < 4.78 is 6.49. The van der Waals surface area contributed by atoms with E-state index in [2.05, 4.69) is 176 Å². The zero-order valence-electron chi connectivity index (χ0n) is 33.1. The predicted octanol–water partition coefficient (Wildman–Crippen LogP) is 15.1. The number of rotatable bonds is 8. The van der Waals surface area contributed by atoms with Crippen molar-refractivity contribution in [3.63, 3.8) is 0 Å². The number of hydrogen-bond acceptors (Lipinski definition) is 4. The van der Waals surface area contributed by atoms with Gasteiger partial charge in [0.15, 0.2) is 17.5 Å². The maximum atomic E-state index is 6.49. The van der Waals surface area contributed by atoms with Crippen LogP contribution < -0.4 is 0 Å². The number of aromatic nitrogens is 3. The number of hydrogen-bond donors (Lipinski definition) is 0. The molecule has 0 radical (unpaired) electrons. The van der Waals surface area contributed by atoms with Crippen LogP contribution in [-0.2, 0) is 0 Å². The highest BCUT2D eigenvalue weighted by Gasteiger charge is 2.19. The summed E-state index contributed by atoms with van der Waals surface area (Å²) >= 11 is 0. The van der Waals surface area contributed by atoms with E-state index in [9.17, 15) is 0 Å². The summed E-state index contributed by atoms with van der Waals surface area (Å²) in [5.41, 5.74) is 16.0. The standard InChI is InChI=1S/C57H37N3O/c1-5-14-38(15-6-1)39-28-30-45(31-29-39)56-58-55(44-20-11-4-12-21-44)59-57(60-56)49-22-13-23-53-54(49)51-37-47(33-35-52(51)61-53)41-26-24-40(25-27-41)46-32-34-48(42-16-7-2-8-17-42)50(36-46)43-18-9-3-10-19-43/h1-37H. The lowest BCUT2D eigenvalue weighted by molar-refractivity contribution is 0.669. The Balaban J connectivity index is 0.978. The van der Waals surface area contributed by atoms with Gasteiger partial charge in [-0.25, -0.2) is 15.0 Å². The van der Waals surface area contributed by atoms with Crippen molar-refractivity contribution in [2.45, 2.75) is 0 Å². The van der Waals surface area contributed by atoms with Crippen LogP contribution in [0.4, 0.5) is 0 Å². The minimum atomic E-state index is 0.590. The second kappa shape index (κ2) is 15.5. The van der Waals surface area contributed by atoms with Crippen LogP contribution in [0.25, 0.3) is 112 Å². The molecule has 0 saturated carbocycles. The van der Waals surface area contributed by atoms with E-state index in [0.29, 0.717) is 17.5 Å². The first kappa shape index (κ1) is 35.9. The largest absolute Gasteiger partial charge is 0.456 e. The molecule has 0 spiro atoms. The molecule has 0 saturated heterocycles. The molecule has 2 aromatic heterocycles. The van der Waals surface area contributed by atoms with Crippen LogP contribution in [0, 0.1) is 0 Å². The van der Waals surface area contributed by atoms with Crippen molar-refractivity contribution in [1.82, 2.24) is 15.0 Å². The number of fused-ring (bicyclic) bond motifs is 3. The minimum Gasteiger partial charge on any atom is -0.456 e. The van der Waals surface area contributed by atoms with Crippen molar-refractivity contribution in [2.75, 3.05) is 0 Å². The fraction of sp³-hybridized carbons (Fsp3) is 0. The van der Waals surface area contributed by atoms with Gasteiger partial charge in [-0.15, -0.1) is 0 Å². The average Bonchev–Trinajstić information content (AvgIpc) is 3.73. The molecule has 0 unspecified atom stereocenters. The lowest BCUT2D eigenvalue weighted by atomic mass is 9.90. The highest BCUT2D eigenvalue weighted by Crippen LogP contribution is 2.40. The van der Waals surface area contributed by atoms with Gasteiger partial charge in [-0.3, -0.25) is 0 Å². The summed E-state index contributed by atoms with van der Waals surface area (Å²) in [4.78, 5) is 15.3. The number of furan rings is 1. The maximum absolute atomic E-state index is 6.49. The zero-order valence-corrected chi connectivity index (χ0v) is 33.1. The maximum Gasteiger partial charge on any atom is 0.164 e. The smallest absolute Gasteiger partial charge is 0.164 e. The molecular formula is C57H37N3O. The van der Waals surface area contributed by atoms with Crippen LogP contribution >= 0.6 is 0 Å². The van der Waals surface area contributed by atoms with Crippen molar-refractivity contribution in [3.05, 3.63) is 224 Å². The minimum absolute atomic E-state index is 0.590. The first-order valence-corrected chi connectivity index (χ1v) is 20.5. The Bertz CT molecular complexity index is 3310. The van der Waals surface area contributed by atoms with Gasteiger partial charge in [0.05, 0.1) is 0 Å². The molecule has 4 heteroatoms. The van der Waals surface area contributed by atoms with Gasteiger partial charge in [0.25, 0.3) is 0 Å². The third-order valence-corrected chi connectivity index (χ3v) is 11.4. The molecule has 11 rings (SSSR count). The molecule has 2 heterocycles. The van der Waals surface area contributed by atoms with E-state index in [0.717, 1.165) is 66.4 Å². The monoisotopic (exact) mass is 779 g/mol. The lowest BCUT2D eigenvalue weighted by Crippen LogP contribution is -2.00. The van der Waals surface area contributed by atoms with Gasteiger partial charge < -0.3 is 4.42 Å². The van der Waals surface area contributed by atoms with Gasteiger partial charge in [0.2, 0.25) is 0 Å². The third kappa shape index (κ3) is 6.96. The van der Waals surface area contributed by atoms with Crippen LogP contribution in [0.2, 0.25) is 0 Å². The van der Waals surface area contributed by atoms with Gasteiger partial charge in [-0.05, 0) is 79.9 Å². The second-order valence-corrected chi connectivity index (χ2v) is 15.2. The molecular weight excluding hydrogens is 743 g/mol. The van der Waals surface area contributed by atoms with Crippen LogP contribution in [-0.4, -0.2) is 15.0 Å². The Morgan fingerprint density at radius 2 is 0.672 bits per heavy atom. The van der Waals surface area contributed by atoms with Gasteiger partial charge >= 0.3 is 0 Å².